The van der Waals surface area contributed by atoms with Crippen molar-refractivity contribution in [2.75, 3.05) is 25.4 Å². The fourth-order valence-electron chi connectivity index (χ4n) is 5.88. The van der Waals surface area contributed by atoms with Gasteiger partial charge in [0.1, 0.15) is 11.5 Å². The van der Waals surface area contributed by atoms with Gasteiger partial charge in [-0.2, -0.15) is 39.7 Å². The van der Waals surface area contributed by atoms with E-state index in [-0.39, 0.29) is 40.8 Å². The highest BCUT2D eigenvalue weighted by Crippen LogP contribution is 2.50. The second-order valence-corrected chi connectivity index (χ2v) is 14.1. The van der Waals surface area contributed by atoms with Crippen LogP contribution in [0.5, 0.6) is 17.4 Å². The number of fused-ring (bicyclic) bond motifs is 1. The molecule has 2 atom stereocenters. The van der Waals surface area contributed by atoms with Crippen LogP contribution < -0.4 is 18.6 Å². The molecule has 0 saturated carbocycles. The highest BCUT2D eigenvalue weighted by atomic mass is 32.2. The van der Waals surface area contributed by atoms with E-state index in [0.29, 0.717) is 22.6 Å². The second kappa shape index (κ2) is 15.0. The van der Waals surface area contributed by atoms with E-state index in [0.717, 1.165) is 17.8 Å². The molecule has 0 N–H and O–H groups in total. The Morgan fingerprint density at radius 1 is 0.923 bits per heavy atom. The molecule has 1 aliphatic rings. The molecule has 1 aliphatic heterocycles. The lowest BCUT2D eigenvalue weighted by Gasteiger charge is -2.35. The van der Waals surface area contributed by atoms with Crippen molar-refractivity contribution in [1.29, 1.82) is 0 Å². The van der Waals surface area contributed by atoms with Crippen LogP contribution in [0.1, 0.15) is 58.0 Å². The number of aromatic nitrogens is 2. The summed E-state index contributed by atoms with van der Waals surface area (Å²) in [5.41, 5.74) is -7.56. The Bertz CT molecular complexity index is 1980. The smallest absolute Gasteiger partial charge is 0.497 e. The lowest BCUT2D eigenvalue weighted by atomic mass is 9.85. The second-order valence-electron chi connectivity index (χ2n) is 11.7. The average molecular weight is 776 g/mol. The standard InChI is InChI=1S/C34H32F7N3O6S2/c1-18-14-25(44(15-20-6-10-22(47-3)11-7-20)16-21-8-12-23(48-4)13-9-21)28(35)26(27(18)33(36,37)38)30-19(2)29-24(17-49-30)31(43-32(42-29)51-5)50-52(45,46)34(39,40)41/h6-14,19,30H,15-17H2,1-5H3. The van der Waals surface area contributed by atoms with Gasteiger partial charge in [0.15, 0.2) is 11.0 Å². The van der Waals surface area contributed by atoms with E-state index in [9.17, 15) is 34.8 Å². The average Bonchev–Trinajstić information content (AvgIpc) is 3.08. The molecule has 0 aliphatic carbocycles. The van der Waals surface area contributed by atoms with Crippen LogP contribution in [0.3, 0.4) is 0 Å². The Morgan fingerprint density at radius 3 is 1.92 bits per heavy atom. The quantitative estimate of drug-likeness (QED) is 0.0485. The van der Waals surface area contributed by atoms with E-state index in [4.69, 9.17) is 14.2 Å². The van der Waals surface area contributed by atoms with Gasteiger partial charge in [0, 0.05) is 24.6 Å². The molecule has 0 saturated heterocycles. The molecule has 0 amide bonds. The summed E-state index contributed by atoms with van der Waals surface area (Å²) in [7, 11) is -3.21. The molecule has 2 unspecified atom stereocenters. The minimum atomic E-state index is -6.19. The number of ether oxygens (including phenoxy) is 3. The van der Waals surface area contributed by atoms with Crippen molar-refractivity contribution < 1.29 is 57.5 Å². The number of anilines is 1. The van der Waals surface area contributed by atoms with E-state index < -0.39 is 63.3 Å². The third-order valence-corrected chi connectivity index (χ3v) is 9.87. The van der Waals surface area contributed by atoms with Crippen LogP contribution in [0.4, 0.5) is 36.4 Å². The van der Waals surface area contributed by atoms with E-state index in [1.165, 1.54) is 34.3 Å². The Morgan fingerprint density at radius 2 is 1.46 bits per heavy atom. The molecule has 0 bridgehead atoms. The fourth-order valence-corrected chi connectivity index (χ4v) is 6.68. The SMILES string of the molecule is COc1ccc(CN(Cc2ccc(OC)cc2)c2cc(C)c(C(F)(F)F)c(C3OCc4c(OS(=O)(=O)C(F)(F)F)nc(SC)nc4C3C)c2F)cc1. The number of hydrogen-bond donors (Lipinski definition) is 0. The summed E-state index contributed by atoms with van der Waals surface area (Å²) in [5, 5.41) is -0.231. The molecule has 2 heterocycles. The monoisotopic (exact) mass is 775 g/mol. The lowest BCUT2D eigenvalue weighted by Crippen LogP contribution is -2.31. The normalized spacial score (nSPS) is 16.3. The Balaban J connectivity index is 1.66. The topological polar surface area (TPSA) is 100 Å². The summed E-state index contributed by atoms with van der Waals surface area (Å²) in [6.07, 6.45) is -5.30. The van der Waals surface area contributed by atoms with Gasteiger partial charge in [0.05, 0.1) is 49.4 Å². The largest absolute Gasteiger partial charge is 0.534 e. The Kier molecular flexibility index (Phi) is 11.2. The predicted molar refractivity (Wildman–Crippen MR) is 177 cm³/mol. The van der Waals surface area contributed by atoms with Crippen molar-refractivity contribution in [3.8, 4) is 17.4 Å². The molecule has 0 radical (unpaired) electrons. The van der Waals surface area contributed by atoms with Gasteiger partial charge in [0.2, 0.25) is 5.88 Å². The number of halogens is 7. The number of hydrogen-bond acceptors (Lipinski definition) is 10. The zero-order chi connectivity index (χ0) is 38.2. The molecular weight excluding hydrogens is 744 g/mol. The first-order chi connectivity index (χ1) is 24.4. The molecule has 280 valence electrons. The predicted octanol–water partition coefficient (Wildman–Crippen LogP) is 8.49. The van der Waals surface area contributed by atoms with Gasteiger partial charge in [-0.25, -0.2) is 9.37 Å². The summed E-state index contributed by atoms with van der Waals surface area (Å²) in [6, 6.07) is 14.8. The first-order valence-corrected chi connectivity index (χ1v) is 18.0. The Hall–Kier alpha value is -4.29. The molecule has 0 spiro atoms. The zero-order valence-electron chi connectivity index (χ0n) is 28.2. The van der Waals surface area contributed by atoms with Crippen molar-refractivity contribution in [2.24, 2.45) is 0 Å². The zero-order valence-corrected chi connectivity index (χ0v) is 29.9. The van der Waals surface area contributed by atoms with Crippen LogP contribution in [0.25, 0.3) is 0 Å². The highest BCUT2D eigenvalue weighted by Gasteiger charge is 2.50. The Labute approximate surface area is 299 Å². The van der Waals surface area contributed by atoms with Crippen LogP contribution in [0.15, 0.2) is 59.8 Å². The third kappa shape index (κ3) is 8.02. The van der Waals surface area contributed by atoms with Crippen molar-refractivity contribution in [1.82, 2.24) is 9.97 Å². The van der Waals surface area contributed by atoms with Crippen LogP contribution in [0.2, 0.25) is 0 Å². The molecule has 18 heteroatoms. The number of thioether (sulfide) groups is 1. The number of aryl methyl sites for hydroxylation is 1. The van der Waals surface area contributed by atoms with Crippen LogP contribution in [-0.4, -0.2) is 44.4 Å². The molecular formula is C34H32F7N3O6S2. The minimum Gasteiger partial charge on any atom is -0.497 e. The van der Waals surface area contributed by atoms with Crippen LogP contribution in [-0.2, 0) is 40.7 Å². The van der Waals surface area contributed by atoms with E-state index in [2.05, 4.69) is 14.2 Å². The minimum absolute atomic E-state index is 0.0553. The first kappa shape index (κ1) is 38.9. The van der Waals surface area contributed by atoms with Gasteiger partial charge in [0.25, 0.3) is 0 Å². The van der Waals surface area contributed by atoms with Crippen LogP contribution >= 0.6 is 11.8 Å². The highest BCUT2D eigenvalue weighted by molar-refractivity contribution is 7.98. The molecule has 9 nitrogen and oxygen atoms in total. The summed E-state index contributed by atoms with van der Waals surface area (Å²) < 4.78 is 146. The van der Waals surface area contributed by atoms with Gasteiger partial charge >= 0.3 is 21.8 Å². The van der Waals surface area contributed by atoms with Gasteiger partial charge in [-0.1, -0.05) is 43.0 Å². The van der Waals surface area contributed by atoms with E-state index in [1.807, 2.05) is 0 Å². The van der Waals surface area contributed by atoms with E-state index in [1.54, 1.807) is 53.4 Å². The van der Waals surface area contributed by atoms with Crippen molar-refractivity contribution in [3.63, 3.8) is 0 Å². The number of methoxy groups -OCH3 is 2. The molecule has 4 aromatic rings. The van der Waals surface area contributed by atoms with Crippen molar-refractivity contribution >= 4 is 27.6 Å². The van der Waals surface area contributed by atoms with Gasteiger partial charge < -0.3 is 23.3 Å². The maximum absolute atomic E-state index is 17.1. The number of nitrogens with zero attached hydrogens (tertiary/aromatic N) is 3. The molecule has 52 heavy (non-hydrogen) atoms. The summed E-state index contributed by atoms with van der Waals surface area (Å²) in [6.45, 7) is 1.86. The lowest BCUT2D eigenvalue weighted by molar-refractivity contribution is -0.141. The number of rotatable bonds is 11. The summed E-state index contributed by atoms with van der Waals surface area (Å²) >= 11 is 0.818. The van der Waals surface area contributed by atoms with Crippen LogP contribution in [0, 0.1) is 12.7 Å². The van der Waals surface area contributed by atoms with Gasteiger partial charge in [-0.05, 0) is 60.2 Å². The maximum atomic E-state index is 17.1. The summed E-state index contributed by atoms with van der Waals surface area (Å²) in [4.78, 5) is 9.59. The molecule has 3 aromatic carbocycles. The summed E-state index contributed by atoms with van der Waals surface area (Å²) in [5.74, 6) is -2.37. The number of alkyl halides is 6. The fraction of sp³-hybridized carbons (Fsp3) is 0.353. The van der Waals surface area contributed by atoms with E-state index >= 15 is 4.39 Å². The molecule has 0 fully saturated rings. The molecule has 1 aromatic heterocycles. The van der Waals surface area contributed by atoms with Crippen molar-refractivity contribution in [3.05, 3.63) is 99.5 Å². The first-order valence-electron chi connectivity index (χ1n) is 15.4. The molecule has 5 rings (SSSR count). The maximum Gasteiger partial charge on any atom is 0.534 e. The van der Waals surface area contributed by atoms with Gasteiger partial charge in [-0.3, -0.25) is 0 Å². The van der Waals surface area contributed by atoms with Crippen molar-refractivity contribution in [2.45, 2.75) is 62.4 Å². The third-order valence-electron chi connectivity index (χ3n) is 8.38. The van der Waals surface area contributed by atoms with Gasteiger partial charge in [-0.15, -0.1) is 0 Å². The number of benzene rings is 3.